The average Bonchev–Trinajstić information content (AvgIpc) is 2.32. The molecule has 0 saturated heterocycles. The van der Waals surface area contributed by atoms with Crippen LogP contribution in [0.15, 0.2) is 18.2 Å². The van der Waals surface area contributed by atoms with E-state index in [4.69, 9.17) is 10.5 Å². The summed E-state index contributed by atoms with van der Waals surface area (Å²) in [5.41, 5.74) is 6.99. The van der Waals surface area contributed by atoms with Crippen molar-refractivity contribution in [2.45, 2.75) is 46.2 Å². The number of hydrogen-bond acceptors (Lipinski definition) is 4. The fraction of sp³-hybridized carbons (Fsp3) is 0.533. The van der Waals surface area contributed by atoms with Crippen LogP contribution in [-0.4, -0.2) is 24.1 Å². The third-order valence-corrected chi connectivity index (χ3v) is 2.63. The predicted molar refractivity (Wildman–Crippen MR) is 83.0 cm³/mol. The number of nitrogens with one attached hydrogen (secondary N) is 2. The molecule has 0 aliphatic rings. The van der Waals surface area contributed by atoms with Crippen LogP contribution in [0.5, 0.6) is 5.75 Å². The summed E-state index contributed by atoms with van der Waals surface area (Å²) in [5.74, 6) is 0.555. The Morgan fingerprint density at radius 1 is 1.40 bits per heavy atom. The summed E-state index contributed by atoms with van der Waals surface area (Å²) in [6.07, 6.45) is 0. The van der Waals surface area contributed by atoms with E-state index in [0.29, 0.717) is 23.7 Å². The second-order valence-corrected chi connectivity index (χ2v) is 5.76. The Kier molecular flexibility index (Phi) is 5.25. The molecule has 1 aromatic carbocycles. The van der Waals surface area contributed by atoms with E-state index in [9.17, 15) is 4.79 Å². The molecule has 1 atom stereocenters. The number of carbonyl (C=O) groups excluding carboxylic acids is 1. The highest BCUT2D eigenvalue weighted by molar-refractivity contribution is 5.86. The fourth-order valence-corrected chi connectivity index (χ4v) is 1.73. The molecule has 1 amide bonds. The summed E-state index contributed by atoms with van der Waals surface area (Å²) in [7, 11) is 0. The minimum Gasteiger partial charge on any atom is -0.492 e. The van der Waals surface area contributed by atoms with Crippen LogP contribution in [0.4, 0.5) is 11.4 Å². The van der Waals surface area contributed by atoms with Crippen LogP contribution in [0.3, 0.4) is 0 Å². The maximum atomic E-state index is 12.0. The Morgan fingerprint density at radius 3 is 2.60 bits per heavy atom. The SMILES string of the molecule is CCOc1cccc(NC(C)C(=O)NC(C)(C)C)c1N. The van der Waals surface area contributed by atoms with Crippen LogP contribution in [-0.2, 0) is 4.79 Å². The van der Waals surface area contributed by atoms with Gasteiger partial charge in [-0.15, -0.1) is 0 Å². The monoisotopic (exact) mass is 279 g/mol. The number of amides is 1. The molecule has 5 nitrogen and oxygen atoms in total. The summed E-state index contributed by atoms with van der Waals surface area (Å²) >= 11 is 0. The van der Waals surface area contributed by atoms with E-state index >= 15 is 0 Å². The van der Waals surface area contributed by atoms with Gasteiger partial charge in [0.05, 0.1) is 18.0 Å². The van der Waals surface area contributed by atoms with Gasteiger partial charge in [-0.2, -0.15) is 0 Å². The number of hydrogen-bond donors (Lipinski definition) is 3. The van der Waals surface area contributed by atoms with Gasteiger partial charge in [0, 0.05) is 5.54 Å². The topological polar surface area (TPSA) is 76.4 Å². The number of benzene rings is 1. The molecule has 0 aromatic heterocycles. The Labute approximate surface area is 120 Å². The maximum Gasteiger partial charge on any atom is 0.242 e. The Bertz CT molecular complexity index is 467. The van der Waals surface area contributed by atoms with Gasteiger partial charge in [-0.25, -0.2) is 0 Å². The van der Waals surface area contributed by atoms with Gasteiger partial charge in [-0.1, -0.05) is 6.07 Å². The van der Waals surface area contributed by atoms with Gasteiger partial charge in [0.1, 0.15) is 11.8 Å². The van der Waals surface area contributed by atoms with E-state index in [0.717, 1.165) is 0 Å². The van der Waals surface area contributed by atoms with Crippen molar-refractivity contribution in [3.05, 3.63) is 18.2 Å². The van der Waals surface area contributed by atoms with Crippen LogP contribution in [0.25, 0.3) is 0 Å². The lowest BCUT2D eigenvalue weighted by molar-refractivity contribution is -0.122. The summed E-state index contributed by atoms with van der Waals surface area (Å²) < 4.78 is 5.43. The van der Waals surface area contributed by atoms with E-state index in [1.807, 2.05) is 45.9 Å². The lowest BCUT2D eigenvalue weighted by Crippen LogP contribution is -2.47. The third kappa shape index (κ3) is 4.64. The van der Waals surface area contributed by atoms with Gasteiger partial charge in [0.2, 0.25) is 5.91 Å². The highest BCUT2D eigenvalue weighted by Gasteiger charge is 2.20. The van der Waals surface area contributed by atoms with Crippen LogP contribution in [0.1, 0.15) is 34.6 Å². The lowest BCUT2D eigenvalue weighted by Gasteiger charge is -2.24. The summed E-state index contributed by atoms with van der Waals surface area (Å²) in [4.78, 5) is 12.0. The van der Waals surface area contributed by atoms with Crippen molar-refractivity contribution in [1.29, 1.82) is 0 Å². The number of nitrogen functional groups attached to an aromatic ring is 1. The van der Waals surface area contributed by atoms with Crippen LogP contribution < -0.4 is 21.1 Å². The molecule has 0 radical (unpaired) electrons. The zero-order valence-corrected chi connectivity index (χ0v) is 12.9. The van der Waals surface area contributed by atoms with E-state index < -0.39 is 0 Å². The smallest absolute Gasteiger partial charge is 0.242 e. The highest BCUT2D eigenvalue weighted by Crippen LogP contribution is 2.29. The molecule has 0 heterocycles. The largest absolute Gasteiger partial charge is 0.492 e. The van der Waals surface area contributed by atoms with Gasteiger partial charge in [0.25, 0.3) is 0 Å². The number of nitrogens with two attached hydrogens (primary N) is 1. The molecule has 0 fully saturated rings. The molecule has 0 bridgehead atoms. The Hall–Kier alpha value is -1.91. The van der Waals surface area contributed by atoms with Crippen molar-refractivity contribution >= 4 is 17.3 Å². The van der Waals surface area contributed by atoms with E-state index in [2.05, 4.69) is 10.6 Å². The first-order chi connectivity index (χ1) is 9.24. The van der Waals surface area contributed by atoms with Gasteiger partial charge in [0.15, 0.2) is 0 Å². The predicted octanol–water partition coefficient (Wildman–Crippen LogP) is 2.38. The molecular formula is C15H25N3O2. The normalized spacial score (nSPS) is 12.7. The van der Waals surface area contributed by atoms with Crippen molar-refractivity contribution in [1.82, 2.24) is 5.32 Å². The molecule has 1 rings (SSSR count). The van der Waals surface area contributed by atoms with Crippen molar-refractivity contribution < 1.29 is 9.53 Å². The summed E-state index contributed by atoms with van der Waals surface area (Å²) in [6, 6.07) is 5.11. The number of rotatable bonds is 5. The van der Waals surface area contributed by atoms with Gasteiger partial charge in [-0.05, 0) is 46.8 Å². The Balaban J connectivity index is 2.78. The number of para-hydroxylation sites is 1. The lowest BCUT2D eigenvalue weighted by atomic mass is 10.1. The fourth-order valence-electron chi connectivity index (χ4n) is 1.73. The van der Waals surface area contributed by atoms with Crippen LogP contribution >= 0.6 is 0 Å². The quantitative estimate of drug-likeness (QED) is 0.723. The number of anilines is 2. The molecule has 4 N–H and O–H groups in total. The molecule has 20 heavy (non-hydrogen) atoms. The molecule has 1 unspecified atom stereocenters. The van der Waals surface area contributed by atoms with Crippen molar-refractivity contribution in [2.24, 2.45) is 0 Å². The average molecular weight is 279 g/mol. The van der Waals surface area contributed by atoms with Gasteiger partial charge < -0.3 is 21.1 Å². The first kappa shape index (κ1) is 16.1. The first-order valence-electron chi connectivity index (χ1n) is 6.84. The molecule has 0 spiro atoms. The van der Waals surface area contributed by atoms with E-state index in [1.165, 1.54) is 0 Å². The molecule has 0 saturated carbocycles. The second kappa shape index (κ2) is 6.50. The standard InChI is InChI=1S/C15H25N3O2/c1-6-20-12-9-7-8-11(13(12)16)17-10(2)14(19)18-15(3,4)5/h7-10,17H,6,16H2,1-5H3,(H,18,19). The van der Waals surface area contributed by atoms with E-state index in [-0.39, 0.29) is 17.5 Å². The summed E-state index contributed by atoms with van der Waals surface area (Å²) in [5, 5.41) is 6.04. The zero-order chi connectivity index (χ0) is 15.3. The number of carbonyl (C=O) groups is 1. The second-order valence-electron chi connectivity index (χ2n) is 5.76. The summed E-state index contributed by atoms with van der Waals surface area (Å²) in [6.45, 7) is 10.1. The highest BCUT2D eigenvalue weighted by atomic mass is 16.5. The maximum absolute atomic E-state index is 12.0. The first-order valence-corrected chi connectivity index (χ1v) is 6.84. The zero-order valence-electron chi connectivity index (χ0n) is 12.9. The molecule has 0 aliphatic carbocycles. The van der Waals surface area contributed by atoms with Crippen molar-refractivity contribution in [3.63, 3.8) is 0 Å². The third-order valence-electron chi connectivity index (χ3n) is 2.63. The Morgan fingerprint density at radius 2 is 2.05 bits per heavy atom. The number of ether oxygens (including phenoxy) is 1. The van der Waals surface area contributed by atoms with Crippen molar-refractivity contribution in [3.8, 4) is 5.75 Å². The minimum absolute atomic E-state index is 0.0706. The molecule has 5 heteroatoms. The molecular weight excluding hydrogens is 254 g/mol. The van der Waals surface area contributed by atoms with Gasteiger partial charge >= 0.3 is 0 Å². The molecule has 112 valence electrons. The van der Waals surface area contributed by atoms with Crippen LogP contribution in [0.2, 0.25) is 0 Å². The minimum atomic E-state index is -0.381. The molecule has 1 aromatic rings. The van der Waals surface area contributed by atoms with Gasteiger partial charge in [-0.3, -0.25) is 4.79 Å². The van der Waals surface area contributed by atoms with Crippen LogP contribution in [0, 0.1) is 0 Å². The molecule has 0 aliphatic heterocycles. The van der Waals surface area contributed by atoms with Crippen molar-refractivity contribution in [2.75, 3.05) is 17.7 Å². The van der Waals surface area contributed by atoms with E-state index in [1.54, 1.807) is 6.92 Å².